The zero-order chi connectivity index (χ0) is 20.4. The van der Waals surface area contributed by atoms with Crippen LogP contribution < -0.4 is 10.6 Å². The summed E-state index contributed by atoms with van der Waals surface area (Å²) in [5, 5.41) is 5.46. The summed E-state index contributed by atoms with van der Waals surface area (Å²) in [6, 6.07) is 12.7. The van der Waals surface area contributed by atoms with Crippen molar-refractivity contribution in [2.45, 2.75) is 32.7 Å². The van der Waals surface area contributed by atoms with Crippen LogP contribution in [0.15, 0.2) is 53.1 Å². The number of rotatable bonds is 10. The largest absolute Gasteiger partial charge is 0.459 e. The van der Waals surface area contributed by atoms with E-state index in [1.165, 1.54) is 12.3 Å². The van der Waals surface area contributed by atoms with E-state index in [1.807, 2.05) is 30.3 Å². The summed E-state index contributed by atoms with van der Waals surface area (Å²) in [4.78, 5) is 35.6. The molecule has 7 heteroatoms. The molecule has 28 heavy (non-hydrogen) atoms. The molecule has 1 heterocycles. The van der Waals surface area contributed by atoms with Gasteiger partial charge in [-0.25, -0.2) is 0 Å². The van der Waals surface area contributed by atoms with Gasteiger partial charge in [0.15, 0.2) is 12.4 Å². The summed E-state index contributed by atoms with van der Waals surface area (Å²) in [5.74, 6) is -0.761. The fraction of sp³-hybridized carbons (Fsp3) is 0.381. The van der Waals surface area contributed by atoms with Gasteiger partial charge in [0.05, 0.1) is 18.7 Å². The van der Waals surface area contributed by atoms with Crippen molar-refractivity contribution in [3.05, 3.63) is 60.1 Å². The summed E-state index contributed by atoms with van der Waals surface area (Å²) in [6.45, 7) is 3.91. The van der Waals surface area contributed by atoms with Gasteiger partial charge in [0.2, 0.25) is 0 Å². The van der Waals surface area contributed by atoms with Crippen LogP contribution in [0.5, 0.6) is 0 Å². The van der Waals surface area contributed by atoms with Gasteiger partial charge in [-0.15, -0.1) is 0 Å². The fourth-order valence-corrected chi connectivity index (χ4v) is 2.66. The third-order valence-corrected chi connectivity index (χ3v) is 3.97. The fourth-order valence-electron chi connectivity index (χ4n) is 2.66. The van der Waals surface area contributed by atoms with E-state index in [0.717, 1.165) is 12.0 Å². The van der Waals surface area contributed by atoms with E-state index in [2.05, 4.69) is 24.5 Å². The maximum Gasteiger partial charge on any atom is 0.308 e. The second-order valence-corrected chi connectivity index (χ2v) is 6.80. The molecule has 7 nitrogen and oxygen atoms in total. The van der Waals surface area contributed by atoms with Crippen LogP contribution in [0.2, 0.25) is 0 Å². The van der Waals surface area contributed by atoms with Gasteiger partial charge in [0.1, 0.15) is 0 Å². The summed E-state index contributed by atoms with van der Waals surface area (Å²) in [6.07, 6.45) is 2.14. The van der Waals surface area contributed by atoms with E-state index in [9.17, 15) is 14.4 Å². The molecule has 2 aromatic rings. The number of carbonyl (C=O) groups is 3. The number of amides is 2. The van der Waals surface area contributed by atoms with Crippen molar-refractivity contribution in [3.8, 4) is 0 Å². The predicted octanol–water partition coefficient (Wildman–Crippen LogP) is 2.85. The van der Waals surface area contributed by atoms with Crippen molar-refractivity contribution in [3.63, 3.8) is 0 Å². The second-order valence-electron chi connectivity index (χ2n) is 6.80. The molecule has 0 fully saturated rings. The second kappa shape index (κ2) is 10.9. The van der Waals surface area contributed by atoms with Gasteiger partial charge in [-0.3, -0.25) is 14.4 Å². The van der Waals surface area contributed by atoms with Crippen molar-refractivity contribution < 1.29 is 23.5 Å². The number of hydrogen-bond acceptors (Lipinski definition) is 5. The van der Waals surface area contributed by atoms with Crippen molar-refractivity contribution in [1.29, 1.82) is 0 Å². The highest BCUT2D eigenvalue weighted by atomic mass is 16.5. The highest BCUT2D eigenvalue weighted by Crippen LogP contribution is 2.20. The normalized spacial score (nSPS) is 11.7. The van der Waals surface area contributed by atoms with Crippen LogP contribution in [-0.2, 0) is 14.3 Å². The number of esters is 1. The molecule has 0 saturated heterocycles. The standard InChI is InChI=1S/C21H26N2O5/c1-15(2)13-17(16-7-4-3-5-8-16)23-19(24)14-28-20(25)10-11-22-21(26)18-9-6-12-27-18/h3-9,12,15,17H,10-11,13-14H2,1-2H3,(H,22,26)(H,23,24). The molecular weight excluding hydrogens is 360 g/mol. The number of nitrogens with one attached hydrogen (secondary N) is 2. The lowest BCUT2D eigenvalue weighted by Crippen LogP contribution is -2.33. The van der Waals surface area contributed by atoms with E-state index in [4.69, 9.17) is 9.15 Å². The molecule has 0 radical (unpaired) electrons. The van der Waals surface area contributed by atoms with Crippen LogP contribution in [0.25, 0.3) is 0 Å². The molecule has 0 aliphatic carbocycles. The van der Waals surface area contributed by atoms with Crippen molar-refractivity contribution in [2.24, 2.45) is 5.92 Å². The van der Waals surface area contributed by atoms with Crippen LogP contribution in [0.1, 0.15) is 48.8 Å². The molecular formula is C21H26N2O5. The Bertz CT molecular complexity index is 756. The minimum atomic E-state index is -0.560. The first kappa shape index (κ1) is 21.2. The van der Waals surface area contributed by atoms with E-state index in [-0.39, 0.29) is 37.3 Å². The molecule has 0 saturated carbocycles. The Labute approximate surface area is 164 Å². The monoisotopic (exact) mass is 386 g/mol. The molecule has 0 aliphatic rings. The first-order valence-electron chi connectivity index (χ1n) is 9.27. The molecule has 0 aliphatic heterocycles. The van der Waals surface area contributed by atoms with Crippen molar-refractivity contribution in [1.82, 2.24) is 10.6 Å². The van der Waals surface area contributed by atoms with Crippen molar-refractivity contribution >= 4 is 17.8 Å². The average molecular weight is 386 g/mol. The van der Waals surface area contributed by atoms with Gasteiger partial charge in [-0.2, -0.15) is 0 Å². The topological polar surface area (TPSA) is 97.6 Å². The van der Waals surface area contributed by atoms with Gasteiger partial charge in [0.25, 0.3) is 11.8 Å². The van der Waals surface area contributed by atoms with E-state index < -0.39 is 11.9 Å². The Balaban J connectivity index is 1.72. The van der Waals surface area contributed by atoms with E-state index >= 15 is 0 Å². The molecule has 2 N–H and O–H groups in total. The molecule has 0 spiro atoms. The maximum absolute atomic E-state index is 12.2. The molecule has 1 atom stereocenters. The first-order valence-corrected chi connectivity index (χ1v) is 9.27. The van der Waals surface area contributed by atoms with Crippen LogP contribution in [0.4, 0.5) is 0 Å². The van der Waals surface area contributed by atoms with E-state index in [1.54, 1.807) is 6.07 Å². The van der Waals surface area contributed by atoms with Gasteiger partial charge in [-0.05, 0) is 30.0 Å². The molecule has 2 rings (SSSR count). The smallest absolute Gasteiger partial charge is 0.308 e. The van der Waals surface area contributed by atoms with Crippen LogP contribution in [0.3, 0.4) is 0 Å². The third kappa shape index (κ3) is 7.26. The quantitative estimate of drug-likeness (QED) is 0.612. The minimum absolute atomic E-state index is 0.0339. The van der Waals surface area contributed by atoms with Gasteiger partial charge in [0, 0.05) is 6.54 Å². The lowest BCUT2D eigenvalue weighted by Gasteiger charge is -2.21. The Kier molecular flexibility index (Phi) is 8.27. The molecule has 1 unspecified atom stereocenters. The van der Waals surface area contributed by atoms with Crippen LogP contribution >= 0.6 is 0 Å². The zero-order valence-corrected chi connectivity index (χ0v) is 16.1. The van der Waals surface area contributed by atoms with Gasteiger partial charge < -0.3 is 19.8 Å². The van der Waals surface area contributed by atoms with Crippen LogP contribution in [-0.4, -0.2) is 30.9 Å². The van der Waals surface area contributed by atoms with E-state index in [0.29, 0.717) is 5.92 Å². The summed E-state index contributed by atoms with van der Waals surface area (Å²) in [5.41, 5.74) is 1.01. The Morgan fingerprint density at radius 2 is 1.82 bits per heavy atom. The molecule has 1 aromatic carbocycles. The molecule has 1 aromatic heterocycles. The minimum Gasteiger partial charge on any atom is -0.459 e. The lowest BCUT2D eigenvalue weighted by atomic mass is 9.97. The van der Waals surface area contributed by atoms with Crippen LogP contribution in [0, 0.1) is 5.92 Å². The molecule has 2 amide bonds. The number of hydrogen-bond donors (Lipinski definition) is 2. The SMILES string of the molecule is CC(C)CC(NC(=O)COC(=O)CCNC(=O)c1ccco1)c1ccccc1. The Hall–Kier alpha value is -3.09. The number of benzene rings is 1. The number of furan rings is 1. The van der Waals surface area contributed by atoms with Gasteiger partial charge >= 0.3 is 5.97 Å². The summed E-state index contributed by atoms with van der Waals surface area (Å²) >= 11 is 0. The third-order valence-electron chi connectivity index (χ3n) is 3.97. The average Bonchev–Trinajstić information content (AvgIpc) is 3.21. The first-order chi connectivity index (χ1) is 13.5. The van der Waals surface area contributed by atoms with Crippen molar-refractivity contribution in [2.75, 3.05) is 13.2 Å². The highest BCUT2D eigenvalue weighted by Gasteiger charge is 2.17. The van der Waals surface area contributed by atoms with Gasteiger partial charge in [-0.1, -0.05) is 44.2 Å². The summed E-state index contributed by atoms with van der Waals surface area (Å²) in [7, 11) is 0. The Morgan fingerprint density at radius 1 is 1.07 bits per heavy atom. The molecule has 0 bridgehead atoms. The lowest BCUT2D eigenvalue weighted by molar-refractivity contribution is -0.148. The number of carbonyl (C=O) groups excluding carboxylic acids is 3. The maximum atomic E-state index is 12.2. The Morgan fingerprint density at radius 3 is 2.46 bits per heavy atom. The summed E-state index contributed by atoms with van der Waals surface area (Å²) < 4.78 is 9.94. The molecule has 150 valence electrons. The number of ether oxygens (including phenoxy) is 1. The predicted molar refractivity (Wildman–Crippen MR) is 103 cm³/mol. The highest BCUT2D eigenvalue weighted by molar-refractivity contribution is 5.91. The zero-order valence-electron chi connectivity index (χ0n) is 16.1.